The predicted octanol–water partition coefficient (Wildman–Crippen LogP) is 3.66. The number of aliphatic hydroxyl groups is 1. The van der Waals surface area contributed by atoms with Gasteiger partial charge >= 0.3 is 0 Å². The molecule has 3 rings (SSSR count). The summed E-state index contributed by atoms with van der Waals surface area (Å²) >= 11 is 3.36. The number of benzene rings is 1. The standard InChI is InChI=1S/C18H19BrN6O2/c1-11(26)12(2)27-16-15(19)10-22-18(25-16)24-14-6-3-5-13(9-14)23-17-20-7-4-8-21-17/h3-12,26H,1-2H3,(H,20,21,23)(H,22,24,25)/t11-,12-/m1/s1. The third-order valence-corrected chi connectivity index (χ3v) is 4.17. The zero-order valence-electron chi connectivity index (χ0n) is 14.8. The molecule has 0 aliphatic rings. The molecule has 2 heterocycles. The van der Waals surface area contributed by atoms with E-state index >= 15 is 0 Å². The Morgan fingerprint density at radius 2 is 1.67 bits per heavy atom. The van der Waals surface area contributed by atoms with Crippen LogP contribution in [0.3, 0.4) is 0 Å². The molecule has 0 spiro atoms. The van der Waals surface area contributed by atoms with E-state index in [1.165, 1.54) is 0 Å². The number of ether oxygens (including phenoxy) is 1. The van der Waals surface area contributed by atoms with Crippen molar-refractivity contribution < 1.29 is 9.84 Å². The van der Waals surface area contributed by atoms with E-state index < -0.39 is 12.2 Å². The highest BCUT2D eigenvalue weighted by Crippen LogP contribution is 2.26. The first-order valence-corrected chi connectivity index (χ1v) is 9.09. The molecule has 3 N–H and O–H groups in total. The van der Waals surface area contributed by atoms with Gasteiger partial charge in [-0.1, -0.05) is 6.07 Å². The Morgan fingerprint density at radius 3 is 2.33 bits per heavy atom. The summed E-state index contributed by atoms with van der Waals surface area (Å²) in [5.41, 5.74) is 1.61. The monoisotopic (exact) mass is 430 g/mol. The molecule has 8 nitrogen and oxygen atoms in total. The molecule has 0 amide bonds. The number of rotatable bonds is 7. The number of nitrogens with one attached hydrogen (secondary N) is 2. The molecule has 2 atom stereocenters. The molecular weight excluding hydrogens is 412 g/mol. The molecule has 2 aromatic heterocycles. The lowest BCUT2D eigenvalue weighted by Gasteiger charge is -2.17. The van der Waals surface area contributed by atoms with E-state index in [9.17, 15) is 5.11 Å². The van der Waals surface area contributed by atoms with Crippen molar-refractivity contribution in [1.82, 2.24) is 19.9 Å². The van der Waals surface area contributed by atoms with Gasteiger partial charge in [-0.2, -0.15) is 4.98 Å². The lowest BCUT2D eigenvalue weighted by Crippen LogP contribution is -2.26. The van der Waals surface area contributed by atoms with Gasteiger partial charge < -0.3 is 20.5 Å². The predicted molar refractivity (Wildman–Crippen MR) is 107 cm³/mol. The Hall–Kier alpha value is -2.78. The molecule has 27 heavy (non-hydrogen) atoms. The summed E-state index contributed by atoms with van der Waals surface area (Å²) in [6.07, 6.45) is 3.92. The molecule has 1 aromatic carbocycles. The van der Waals surface area contributed by atoms with Crippen LogP contribution in [0.15, 0.2) is 53.4 Å². The van der Waals surface area contributed by atoms with Gasteiger partial charge in [-0.25, -0.2) is 15.0 Å². The average Bonchev–Trinajstić information content (AvgIpc) is 2.65. The molecule has 0 unspecified atom stereocenters. The quantitative estimate of drug-likeness (QED) is 0.521. The maximum absolute atomic E-state index is 9.61. The summed E-state index contributed by atoms with van der Waals surface area (Å²) in [6.45, 7) is 3.43. The van der Waals surface area contributed by atoms with Crippen molar-refractivity contribution in [2.75, 3.05) is 10.6 Å². The summed E-state index contributed by atoms with van der Waals surface area (Å²) in [5.74, 6) is 1.24. The van der Waals surface area contributed by atoms with Gasteiger partial charge in [0.15, 0.2) is 0 Å². The van der Waals surface area contributed by atoms with Crippen molar-refractivity contribution in [3.05, 3.63) is 53.4 Å². The van der Waals surface area contributed by atoms with Crippen LogP contribution in [0.25, 0.3) is 0 Å². The summed E-state index contributed by atoms with van der Waals surface area (Å²) in [4.78, 5) is 16.9. The third-order valence-electron chi connectivity index (χ3n) is 3.63. The van der Waals surface area contributed by atoms with Crippen LogP contribution >= 0.6 is 15.9 Å². The van der Waals surface area contributed by atoms with Gasteiger partial charge in [0.2, 0.25) is 17.8 Å². The first kappa shape index (κ1) is 19.0. The minimum atomic E-state index is -0.619. The van der Waals surface area contributed by atoms with Crippen molar-refractivity contribution in [2.45, 2.75) is 26.1 Å². The lowest BCUT2D eigenvalue weighted by molar-refractivity contribution is 0.0569. The molecule has 0 bridgehead atoms. The number of anilines is 4. The Bertz CT molecular complexity index is 894. The summed E-state index contributed by atoms with van der Waals surface area (Å²) in [6, 6.07) is 9.33. The second-order valence-electron chi connectivity index (χ2n) is 5.81. The SMILES string of the molecule is C[C@@H](O)[C@@H](C)Oc1nc(Nc2cccc(Nc3ncccn3)c2)ncc1Br. The third kappa shape index (κ3) is 5.35. The number of hydrogen-bond donors (Lipinski definition) is 3. The smallest absolute Gasteiger partial charge is 0.233 e. The van der Waals surface area contributed by atoms with E-state index in [4.69, 9.17) is 4.74 Å². The highest BCUT2D eigenvalue weighted by atomic mass is 79.9. The summed E-state index contributed by atoms with van der Waals surface area (Å²) in [7, 11) is 0. The largest absolute Gasteiger partial charge is 0.471 e. The van der Waals surface area contributed by atoms with Gasteiger partial charge in [-0.05, 0) is 54.0 Å². The van der Waals surface area contributed by atoms with Crippen LogP contribution < -0.4 is 15.4 Å². The zero-order chi connectivity index (χ0) is 19.2. The molecule has 0 fully saturated rings. The van der Waals surface area contributed by atoms with Gasteiger partial charge in [-0.3, -0.25) is 0 Å². The second-order valence-corrected chi connectivity index (χ2v) is 6.67. The Morgan fingerprint density at radius 1 is 1.00 bits per heavy atom. The lowest BCUT2D eigenvalue weighted by atomic mass is 10.2. The second kappa shape index (κ2) is 8.74. The van der Waals surface area contributed by atoms with Crippen LogP contribution in [0.1, 0.15) is 13.8 Å². The molecule has 140 valence electrons. The van der Waals surface area contributed by atoms with Crippen LogP contribution in [0, 0.1) is 0 Å². The van der Waals surface area contributed by atoms with Crippen LogP contribution in [-0.4, -0.2) is 37.3 Å². The van der Waals surface area contributed by atoms with E-state index in [0.29, 0.717) is 22.2 Å². The van der Waals surface area contributed by atoms with Gasteiger partial charge in [0, 0.05) is 23.8 Å². The minimum absolute atomic E-state index is 0.355. The van der Waals surface area contributed by atoms with E-state index in [1.54, 1.807) is 38.5 Å². The Kier molecular flexibility index (Phi) is 6.15. The van der Waals surface area contributed by atoms with Gasteiger partial charge in [0.25, 0.3) is 0 Å². The minimum Gasteiger partial charge on any atom is -0.471 e. The molecular formula is C18H19BrN6O2. The highest BCUT2D eigenvalue weighted by molar-refractivity contribution is 9.10. The van der Waals surface area contributed by atoms with Gasteiger partial charge in [-0.15, -0.1) is 0 Å². The van der Waals surface area contributed by atoms with Crippen LogP contribution in [-0.2, 0) is 0 Å². The molecule has 0 aliphatic carbocycles. The summed E-state index contributed by atoms with van der Waals surface area (Å²) in [5, 5.41) is 15.9. The van der Waals surface area contributed by atoms with E-state index in [1.807, 2.05) is 24.3 Å². The molecule has 0 radical (unpaired) electrons. The average molecular weight is 431 g/mol. The van der Waals surface area contributed by atoms with Gasteiger partial charge in [0.05, 0.1) is 16.8 Å². The topological polar surface area (TPSA) is 105 Å². The number of aromatic nitrogens is 4. The van der Waals surface area contributed by atoms with E-state index in [2.05, 4.69) is 46.5 Å². The van der Waals surface area contributed by atoms with Crippen molar-refractivity contribution in [2.24, 2.45) is 0 Å². The fourth-order valence-corrected chi connectivity index (χ4v) is 2.35. The van der Waals surface area contributed by atoms with Crippen molar-refractivity contribution in [3.63, 3.8) is 0 Å². The molecule has 0 saturated heterocycles. The first-order chi connectivity index (χ1) is 13.0. The zero-order valence-corrected chi connectivity index (χ0v) is 16.4. The normalized spacial score (nSPS) is 12.9. The van der Waals surface area contributed by atoms with E-state index in [0.717, 1.165) is 11.4 Å². The number of halogens is 1. The van der Waals surface area contributed by atoms with Crippen molar-refractivity contribution in [3.8, 4) is 5.88 Å². The number of nitrogens with zero attached hydrogens (tertiary/aromatic N) is 4. The molecule has 0 saturated carbocycles. The van der Waals surface area contributed by atoms with E-state index in [-0.39, 0.29) is 0 Å². The molecule has 9 heteroatoms. The van der Waals surface area contributed by atoms with Crippen LogP contribution in [0.4, 0.5) is 23.3 Å². The fourth-order valence-electron chi connectivity index (χ4n) is 2.07. The fraction of sp³-hybridized carbons (Fsp3) is 0.222. The van der Waals surface area contributed by atoms with Crippen molar-refractivity contribution >= 4 is 39.2 Å². The van der Waals surface area contributed by atoms with Crippen molar-refractivity contribution in [1.29, 1.82) is 0 Å². The van der Waals surface area contributed by atoms with Gasteiger partial charge in [0.1, 0.15) is 6.10 Å². The Balaban J connectivity index is 1.74. The number of aliphatic hydroxyl groups excluding tert-OH is 1. The Labute approximate surface area is 165 Å². The molecule has 0 aliphatic heterocycles. The van der Waals surface area contributed by atoms with Crippen LogP contribution in [0.2, 0.25) is 0 Å². The summed E-state index contributed by atoms with van der Waals surface area (Å²) < 4.78 is 6.28. The first-order valence-electron chi connectivity index (χ1n) is 8.29. The maximum Gasteiger partial charge on any atom is 0.233 e. The molecule has 3 aromatic rings. The maximum atomic E-state index is 9.61. The van der Waals surface area contributed by atoms with Crippen LogP contribution in [0.5, 0.6) is 5.88 Å². The number of hydrogen-bond acceptors (Lipinski definition) is 8. The highest BCUT2D eigenvalue weighted by Gasteiger charge is 2.14.